The van der Waals surface area contributed by atoms with Crippen molar-refractivity contribution in [2.45, 2.75) is 13.8 Å². The van der Waals surface area contributed by atoms with E-state index in [1.807, 2.05) is 26.0 Å². The van der Waals surface area contributed by atoms with Gasteiger partial charge in [-0.15, -0.1) is 0 Å². The highest BCUT2D eigenvalue weighted by atomic mass is 16.1. The Bertz CT molecular complexity index is 593. The van der Waals surface area contributed by atoms with E-state index in [2.05, 4.69) is 10.3 Å². The first-order valence-electron chi connectivity index (χ1n) is 5.67. The van der Waals surface area contributed by atoms with Crippen molar-refractivity contribution in [3.63, 3.8) is 0 Å². The van der Waals surface area contributed by atoms with E-state index in [4.69, 9.17) is 5.73 Å². The minimum Gasteiger partial charge on any atom is -0.398 e. The summed E-state index contributed by atoms with van der Waals surface area (Å²) in [5.41, 5.74) is 9.23. The lowest BCUT2D eigenvalue weighted by Crippen LogP contribution is -2.15. The van der Waals surface area contributed by atoms with Crippen molar-refractivity contribution in [1.29, 1.82) is 0 Å². The maximum Gasteiger partial charge on any atom is 0.257 e. The van der Waals surface area contributed by atoms with Crippen LogP contribution >= 0.6 is 0 Å². The summed E-state index contributed by atoms with van der Waals surface area (Å²) in [7, 11) is 0. The summed E-state index contributed by atoms with van der Waals surface area (Å²) in [4.78, 5) is 16.2. The van der Waals surface area contributed by atoms with Crippen LogP contribution in [0.15, 0.2) is 36.5 Å². The Morgan fingerprint density at radius 1 is 1.28 bits per heavy atom. The molecule has 1 amide bonds. The highest BCUT2D eigenvalue weighted by Gasteiger charge is 2.11. The number of nitrogens with two attached hydrogens (primary N) is 1. The molecule has 1 heterocycles. The van der Waals surface area contributed by atoms with Crippen LogP contribution < -0.4 is 11.1 Å². The molecule has 0 saturated carbocycles. The van der Waals surface area contributed by atoms with Gasteiger partial charge in [-0.2, -0.15) is 0 Å². The molecule has 18 heavy (non-hydrogen) atoms. The molecule has 0 bridgehead atoms. The van der Waals surface area contributed by atoms with E-state index < -0.39 is 0 Å². The molecule has 0 aliphatic rings. The van der Waals surface area contributed by atoms with E-state index in [9.17, 15) is 4.79 Å². The normalized spacial score (nSPS) is 10.1. The number of carbonyl (C=O) groups excluding carboxylic acids is 1. The van der Waals surface area contributed by atoms with E-state index in [0.29, 0.717) is 16.9 Å². The molecule has 2 rings (SSSR count). The van der Waals surface area contributed by atoms with Gasteiger partial charge in [0.15, 0.2) is 0 Å². The van der Waals surface area contributed by atoms with E-state index in [-0.39, 0.29) is 5.91 Å². The average Bonchev–Trinajstić information content (AvgIpc) is 2.35. The Morgan fingerprint density at radius 3 is 2.78 bits per heavy atom. The van der Waals surface area contributed by atoms with Gasteiger partial charge in [-0.1, -0.05) is 11.6 Å². The molecule has 4 nitrogen and oxygen atoms in total. The van der Waals surface area contributed by atoms with Crippen LogP contribution in [0.3, 0.4) is 0 Å². The number of hydrogen-bond donors (Lipinski definition) is 2. The number of aromatic nitrogens is 1. The van der Waals surface area contributed by atoms with Gasteiger partial charge in [0.25, 0.3) is 5.91 Å². The SMILES string of the molecule is Cc1ccc(N)c(C(=O)Nc2cccnc2C)c1. The number of rotatable bonds is 2. The third-order valence-electron chi connectivity index (χ3n) is 2.71. The number of hydrogen-bond acceptors (Lipinski definition) is 3. The van der Waals surface area contributed by atoms with Crippen molar-refractivity contribution >= 4 is 17.3 Å². The minimum atomic E-state index is -0.215. The highest BCUT2D eigenvalue weighted by molar-refractivity contribution is 6.08. The van der Waals surface area contributed by atoms with Crippen LogP contribution in [0.1, 0.15) is 21.6 Å². The van der Waals surface area contributed by atoms with Crippen molar-refractivity contribution < 1.29 is 4.79 Å². The second-order valence-electron chi connectivity index (χ2n) is 4.18. The number of nitrogens with zero attached hydrogens (tertiary/aromatic N) is 1. The molecule has 0 aliphatic heterocycles. The summed E-state index contributed by atoms with van der Waals surface area (Å²) < 4.78 is 0. The molecule has 0 radical (unpaired) electrons. The van der Waals surface area contributed by atoms with Crippen LogP contribution in [0.4, 0.5) is 11.4 Å². The molecule has 4 heteroatoms. The van der Waals surface area contributed by atoms with Crippen molar-refractivity contribution in [2.75, 3.05) is 11.1 Å². The van der Waals surface area contributed by atoms with Crippen molar-refractivity contribution in [1.82, 2.24) is 4.98 Å². The maximum atomic E-state index is 12.1. The third-order valence-corrected chi connectivity index (χ3v) is 2.71. The average molecular weight is 241 g/mol. The van der Waals surface area contributed by atoms with Gasteiger partial charge in [0, 0.05) is 11.9 Å². The molecule has 2 aromatic rings. The molecule has 3 N–H and O–H groups in total. The lowest BCUT2D eigenvalue weighted by Gasteiger charge is -2.09. The zero-order valence-corrected chi connectivity index (χ0v) is 10.4. The summed E-state index contributed by atoms with van der Waals surface area (Å²) in [6.45, 7) is 3.76. The lowest BCUT2D eigenvalue weighted by atomic mass is 10.1. The van der Waals surface area contributed by atoms with Gasteiger partial charge in [0.05, 0.1) is 16.9 Å². The number of carbonyl (C=O) groups is 1. The number of pyridine rings is 1. The zero-order valence-electron chi connectivity index (χ0n) is 10.4. The maximum absolute atomic E-state index is 12.1. The minimum absolute atomic E-state index is 0.215. The fourth-order valence-electron chi connectivity index (χ4n) is 1.67. The number of aryl methyl sites for hydroxylation is 2. The van der Waals surface area contributed by atoms with Gasteiger partial charge in [-0.05, 0) is 38.1 Å². The fourth-order valence-corrected chi connectivity index (χ4v) is 1.67. The molecule has 0 saturated heterocycles. The first kappa shape index (κ1) is 12.1. The number of nitrogen functional groups attached to an aromatic ring is 1. The fraction of sp³-hybridized carbons (Fsp3) is 0.143. The van der Waals surface area contributed by atoms with Gasteiger partial charge < -0.3 is 11.1 Å². The van der Waals surface area contributed by atoms with E-state index in [1.54, 1.807) is 24.4 Å². The predicted molar refractivity (Wildman–Crippen MR) is 72.5 cm³/mol. The van der Waals surface area contributed by atoms with Crippen LogP contribution in [0.25, 0.3) is 0 Å². The Morgan fingerprint density at radius 2 is 2.06 bits per heavy atom. The van der Waals surface area contributed by atoms with Gasteiger partial charge in [-0.3, -0.25) is 9.78 Å². The molecular formula is C14H15N3O. The largest absolute Gasteiger partial charge is 0.398 e. The first-order chi connectivity index (χ1) is 8.58. The number of nitrogens with one attached hydrogen (secondary N) is 1. The Kier molecular flexibility index (Phi) is 3.28. The van der Waals surface area contributed by atoms with Gasteiger partial charge in [0.1, 0.15) is 0 Å². The van der Waals surface area contributed by atoms with Gasteiger partial charge >= 0.3 is 0 Å². The Balaban J connectivity index is 2.28. The topological polar surface area (TPSA) is 68.0 Å². The summed E-state index contributed by atoms with van der Waals surface area (Å²) in [5.74, 6) is -0.215. The van der Waals surface area contributed by atoms with Crippen LogP contribution in [0, 0.1) is 13.8 Å². The van der Waals surface area contributed by atoms with Crippen LogP contribution in [0.5, 0.6) is 0 Å². The second-order valence-corrected chi connectivity index (χ2v) is 4.18. The van der Waals surface area contributed by atoms with Crippen molar-refractivity contribution in [3.05, 3.63) is 53.3 Å². The van der Waals surface area contributed by atoms with E-state index in [0.717, 1.165) is 11.3 Å². The zero-order chi connectivity index (χ0) is 13.1. The second kappa shape index (κ2) is 4.87. The monoisotopic (exact) mass is 241 g/mol. The summed E-state index contributed by atoms with van der Waals surface area (Å²) in [6, 6.07) is 8.98. The van der Waals surface area contributed by atoms with Crippen LogP contribution in [0.2, 0.25) is 0 Å². The van der Waals surface area contributed by atoms with Crippen molar-refractivity contribution in [3.8, 4) is 0 Å². The lowest BCUT2D eigenvalue weighted by molar-refractivity contribution is 0.102. The smallest absolute Gasteiger partial charge is 0.257 e. The van der Waals surface area contributed by atoms with E-state index in [1.165, 1.54) is 0 Å². The molecule has 0 atom stereocenters. The van der Waals surface area contributed by atoms with Crippen LogP contribution in [-0.2, 0) is 0 Å². The number of benzene rings is 1. The first-order valence-corrected chi connectivity index (χ1v) is 5.67. The molecule has 1 aromatic heterocycles. The molecular weight excluding hydrogens is 226 g/mol. The predicted octanol–water partition coefficient (Wildman–Crippen LogP) is 2.53. The van der Waals surface area contributed by atoms with Crippen LogP contribution in [-0.4, -0.2) is 10.9 Å². The summed E-state index contributed by atoms with van der Waals surface area (Å²) >= 11 is 0. The third kappa shape index (κ3) is 2.48. The standard InChI is InChI=1S/C14H15N3O/c1-9-5-6-12(15)11(8-9)14(18)17-13-4-3-7-16-10(13)2/h3-8H,15H2,1-2H3,(H,17,18). The number of anilines is 2. The molecule has 0 aliphatic carbocycles. The van der Waals surface area contributed by atoms with Gasteiger partial charge in [0.2, 0.25) is 0 Å². The summed E-state index contributed by atoms with van der Waals surface area (Å²) in [5, 5.41) is 2.81. The molecule has 1 aromatic carbocycles. The molecule has 0 fully saturated rings. The van der Waals surface area contributed by atoms with Crippen molar-refractivity contribution in [2.24, 2.45) is 0 Å². The highest BCUT2D eigenvalue weighted by Crippen LogP contribution is 2.17. The number of amides is 1. The quantitative estimate of drug-likeness (QED) is 0.794. The molecule has 92 valence electrons. The Labute approximate surface area is 106 Å². The van der Waals surface area contributed by atoms with E-state index >= 15 is 0 Å². The molecule has 0 unspecified atom stereocenters. The summed E-state index contributed by atoms with van der Waals surface area (Å²) in [6.07, 6.45) is 1.69. The van der Waals surface area contributed by atoms with Gasteiger partial charge in [-0.25, -0.2) is 0 Å². The molecule has 0 spiro atoms. The Hall–Kier alpha value is -2.36.